The lowest BCUT2D eigenvalue weighted by molar-refractivity contribution is -0.123. The average Bonchev–Trinajstić information content (AvgIpc) is 2.61. The van der Waals surface area contributed by atoms with Crippen molar-refractivity contribution in [3.05, 3.63) is 29.8 Å². The third-order valence-electron chi connectivity index (χ3n) is 3.06. The van der Waals surface area contributed by atoms with Crippen LogP contribution < -0.4 is 5.32 Å². The van der Waals surface area contributed by atoms with E-state index in [-0.39, 0.29) is 11.8 Å². The summed E-state index contributed by atoms with van der Waals surface area (Å²) in [5, 5.41) is 11.8. The van der Waals surface area contributed by atoms with Crippen LogP contribution in [0.15, 0.2) is 29.2 Å². The van der Waals surface area contributed by atoms with Crippen molar-refractivity contribution < 1.29 is 4.79 Å². The molecule has 1 unspecified atom stereocenters. The molecule has 0 saturated carbocycles. The van der Waals surface area contributed by atoms with E-state index < -0.39 is 0 Å². The highest BCUT2D eigenvalue weighted by Crippen LogP contribution is 2.25. The molecule has 1 N–H and O–H groups in total. The smallest absolute Gasteiger partial charge is 0.223 e. The summed E-state index contributed by atoms with van der Waals surface area (Å²) >= 11 is 1.66. The minimum Gasteiger partial charge on any atom is -0.356 e. The number of carbonyl (C=O) groups excluding carboxylic acids is 1. The predicted molar refractivity (Wildman–Crippen MR) is 72.2 cm³/mol. The Hall–Kier alpha value is -1.47. The molecule has 0 aromatic heterocycles. The number of nitrogens with zero attached hydrogens (tertiary/aromatic N) is 1. The number of amides is 1. The van der Waals surface area contributed by atoms with Gasteiger partial charge in [-0.05, 0) is 31.0 Å². The van der Waals surface area contributed by atoms with Crippen LogP contribution in [0.3, 0.4) is 0 Å². The zero-order valence-corrected chi connectivity index (χ0v) is 11.0. The second-order valence-electron chi connectivity index (χ2n) is 4.43. The lowest BCUT2D eigenvalue weighted by atomic mass is 10.1. The highest BCUT2D eigenvalue weighted by atomic mass is 32.2. The molecule has 1 fully saturated rings. The van der Waals surface area contributed by atoms with E-state index in [1.807, 2.05) is 18.2 Å². The largest absolute Gasteiger partial charge is 0.356 e. The molecule has 1 aliphatic rings. The molecule has 4 heteroatoms. The highest BCUT2D eigenvalue weighted by Gasteiger charge is 2.20. The normalized spacial score (nSPS) is 19.7. The van der Waals surface area contributed by atoms with E-state index in [9.17, 15) is 4.79 Å². The second-order valence-corrected chi connectivity index (χ2v) is 5.53. The van der Waals surface area contributed by atoms with Crippen molar-refractivity contribution in [2.45, 2.75) is 24.2 Å². The average molecular weight is 260 g/mol. The first-order valence-electron chi connectivity index (χ1n) is 6.20. The Balaban J connectivity index is 1.93. The number of carbonyl (C=O) groups is 1. The number of rotatable bonds is 3. The fraction of sp³-hybridized carbons (Fsp3) is 0.429. The molecule has 1 aliphatic heterocycles. The predicted octanol–water partition coefficient (Wildman–Crippen LogP) is 2.57. The Morgan fingerprint density at radius 3 is 3.17 bits per heavy atom. The fourth-order valence-corrected chi connectivity index (χ4v) is 3.11. The molecule has 1 heterocycles. The zero-order chi connectivity index (χ0) is 12.8. The molecule has 0 aliphatic carbocycles. The first kappa shape index (κ1) is 13.0. The zero-order valence-electron chi connectivity index (χ0n) is 10.2. The van der Waals surface area contributed by atoms with Gasteiger partial charge in [-0.2, -0.15) is 5.26 Å². The molecule has 0 spiro atoms. The Labute approximate surface area is 112 Å². The topological polar surface area (TPSA) is 52.9 Å². The quantitative estimate of drug-likeness (QED) is 0.850. The summed E-state index contributed by atoms with van der Waals surface area (Å²) in [4.78, 5) is 12.8. The molecule has 0 bridgehead atoms. The Morgan fingerprint density at radius 1 is 1.44 bits per heavy atom. The van der Waals surface area contributed by atoms with Crippen LogP contribution in [0.25, 0.3) is 0 Å². The van der Waals surface area contributed by atoms with E-state index in [2.05, 4.69) is 11.4 Å². The summed E-state index contributed by atoms with van der Waals surface area (Å²) in [6, 6.07) is 9.67. The van der Waals surface area contributed by atoms with Gasteiger partial charge in [0.1, 0.15) is 0 Å². The van der Waals surface area contributed by atoms with Gasteiger partial charge in [-0.1, -0.05) is 12.5 Å². The Kier molecular flexibility index (Phi) is 4.66. The van der Waals surface area contributed by atoms with Crippen molar-refractivity contribution in [1.82, 2.24) is 5.32 Å². The Bertz CT molecular complexity index is 467. The fourth-order valence-electron chi connectivity index (χ4n) is 2.01. The van der Waals surface area contributed by atoms with Crippen LogP contribution in [0.1, 0.15) is 24.8 Å². The SMILES string of the molecule is N#Cc1cccc(SCC2CCCCNC2=O)c1. The Morgan fingerprint density at radius 2 is 2.33 bits per heavy atom. The first-order valence-corrected chi connectivity index (χ1v) is 7.19. The van der Waals surface area contributed by atoms with Crippen molar-refractivity contribution >= 4 is 17.7 Å². The minimum atomic E-state index is 0.100. The third kappa shape index (κ3) is 3.51. The molecule has 18 heavy (non-hydrogen) atoms. The van der Waals surface area contributed by atoms with Gasteiger partial charge in [0.2, 0.25) is 5.91 Å². The minimum absolute atomic E-state index is 0.100. The maximum Gasteiger partial charge on any atom is 0.223 e. The van der Waals surface area contributed by atoms with Crippen LogP contribution >= 0.6 is 11.8 Å². The van der Waals surface area contributed by atoms with Gasteiger partial charge in [-0.25, -0.2) is 0 Å². The summed E-state index contributed by atoms with van der Waals surface area (Å²) in [5.41, 5.74) is 0.672. The van der Waals surface area contributed by atoms with E-state index in [0.717, 1.165) is 36.5 Å². The molecular formula is C14H16N2OS. The van der Waals surface area contributed by atoms with Crippen LogP contribution in [0.5, 0.6) is 0 Å². The lowest BCUT2D eigenvalue weighted by Gasteiger charge is -2.12. The molecule has 1 amide bonds. The molecule has 1 aromatic carbocycles. The number of nitrogens with one attached hydrogen (secondary N) is 1. The van der Waals surface area contributed by atoms with E-state index in [4.69, 9.17) is 5.26 Å². The van der Waals surface area contributed by atoms with Gasteiger partial charge >= 0.3 is 0 Å². The van der Waals surface area contributed by atoms with Crippen LogP contribution in [0.4, 0.5) is 0 Å². The molecular weight excluding hydrogens is 244 g/mol. The maximum atomic E-state index is 11.8. The van der Waals surface area contributed by atoms with Crippen LogP contribution in [-0.2, 0) is 4.79 Å². The molecule has 3 nitrogen and oxygen atoms in total. The van der Waals surface area contributed by atoms with Crippen molar-refractivity contribution in [2.75, 3.05) is 12.3 Å². The number of hydrogen-bond acceptors (Lipinski definition) is 3. The van der Waals surface area contributed by atoms with Crippen molar-refractivity contribution in [3.8, 4) is 6.07 Å². The highest BCUT2D eigenvalue weighted by molar-refractivity contribution is 7.99. The molecule has 1 aromatic rings. The molecule has 0 radical (unpaired) electrons. The van der Waals surface area contributed by atoms with Gasteiger partial charge < -0.3 is 5.32 Å². The molecule has 2 rings (SSSR count). The molecule has 1 atom stereocenters. The standard InChI is InChI=1S/C14H16N2OS/c15-9-11-4-3-6-13(8-11)18-10-12-5-1-2-7-16-14(12)17/h3-4,6,8,12H,1-2,5,7,10H2,(H,16,17). The van der Waals surface area contributed by atoms with E-state index in [0.29, 0.717) is 5.56 Å². The van der Waals surface area contributed by atoms with Gasteiger partial charge in [0.05, 0.1) is 11.6 Å². The molecule has 94 valence electrons. The monoisotopic (exact) mass is 260 g/mol. The van der Waals surface area contributed by atoms with Crippen LogP contribution in [0, 0.1) is 17.2 Å². The summed E-state index contributed by atoms with van der Waals surface area (Å²) in [7, 11) is 0. The van der Waals surface area contributed by atoms with E-state index in [1.54, 1.807) is 17.8 Å². The number of hydrogen-bond donors (Lipinski definition) is 1. The summed E-state index contributed by atoms with van der Waals surface area (Å²) in [6.45, 7) is 0.809. The van der Waals surface area contributed by atoms with Gasteiger partial charge in [0.25, 0.3) is 0 Å². The third-order valence-corrected chi connectivity index (χ3v) is 4.22. The maximum absolute atomic E-state index is 11.8. The van der Waals surface area contributed by atoms with Crippen molar-refractivity contribution in [3.63, 3.8) is 0 Å². The van der Waals surface area contributed by atoms with Crippen LogP contribution in [-0.4, -0.2) is 18.2 Å². The van der Waals surface area contributed by atoms with E-state index in [1.165, 1.54) is 0 Å². The molecule has 1 saturated heterocycles. The summed E-state index contributed by atoms with van der Waals surface area (Å²) in [5.74, 6) is 1.07. The summed E-state index contributed by atoms with van der Waals surface area (Å²) in [6.07, 6.45) is 3.16. The van der Waals surface area contributed by atoms with Gasteiger partial charge in [-0.15, -0.1) is 11.8 Å². The van der Waals surface area contributed by atoms with Crippen LogP contribution in [0.2, 0.25) is 0 Å². The summed E-state index contributed by atoms with van der Waals surface area (Å²) < 4.78 is 0. The number of benzene rings is 1. The van der Waals surface area contributed by atoms with Gasteiger partial charge in [0, 0.05) is 23.1 Å². The van der Waals surface area contributed by atoms with Crippen molar-refractivity contribution in [1.29, 1.82) is 5.26 Å². The number of thioether (sulfide) groups is 1. The first-order chi connectivity index (χ1) is 8.79. The van der Waals surface area contributed by atoms with Gasteiger partial charge in [-0.3, -0.25) is 4.79 Å². The van der Waals surface area contributed by atoms with Gasteiger partial charge in [0.15, 0.2) is 0 Å². The van der Waals surface area contributed by atoms with E-state index >= 15 is 0 Å². The number of nitriles is 1. The van der Waals surface area contributed by atoms with Crippen molar-refractivity contribution in [2.24, 2.45) is 5.92 Å². The lowest BCUT2D eigenvalue weighted by Crippen LogP contribution is -2.30. The second kappa shape index (κ2) is 6.46.